The first-order chi connectivity index (χ1) is 8.29. The van der Waals surface area contributed by atoms with Gasteiger partial charge in [0.05, 0.1) is 12.7 Å². The van der Waals surface area contributed by atoms with Gasteiger partial charge in [-0.3, -0.25) is 0 Å². The highest BCUT2D eigenvalue weighted by Crippen LogP contribution is 2.21. The number of benzene rings is 1. The molecule has 1 aromatic rings. The zero-order valence-corrected chi connectivity index (χ0v) is 9.97. The molecule has 94 valence electrons. The minimum atomic E-state index is -0.701. The van der Waals surface area contributed by atoms with Crippen LogP contribution in [-0.4, -0.2) is 42.6 Å². The largest absolute Gasteiger partial charge is 0.394 e. The second-order valence-corrected chi connectivity index (χ2v) is 4.46. The molecule has 2 rings (SSSR count). The molecule has 1 aromatic carbocycles. The summed E-state index contributed by atoms with van der Waals surface area (Å²) >= 11 is 0. The number of anilines is 2. The van der Waals surface area contributed by atoms with Crippen LogP contribution in [0.25, 0.3) is 0 Å². The van der Waals surface area contributed by atoms with E-state index in [0.717, 1.165) is 18.8 Å². The maximum Gasteiger partial charge on any atom is 0.0942 e. The molecule has 1 fully saturated rings. The van der Waals surface area contributed by atoms with Crippen LogP contribution in [0, 0.1) is 0 Å². The van der Waals surface area contributed by atoms with E-state index in [1.165, 1.54) is 18.5 Å². The molecule has 1 aliphatic rings. The van der Waals surface area contributed by atoms with E-state index < -0.39 is 6.10 Å². The van der Waals surface area contributed by atoms with Gasteiger partial charge in [0.1, 0.15) is 0 Å². The van der Waals surface area contributed by atoms with Gasteiger partial charge in [-0.25, -0.2) is 0 Å². The average molecular weight is 236 g/mol. The summed E-state index contributed by atoms with van der Waals surface area (Å²) in [5.74, 6) is 0. The van der Waals surface area contributed by atoms with Gasteiger partial charge in [0.2, 0.25) is 0 Å². The van der Waals surface area contributed by atoms with Crippen molar-refractivity contribution in [2.75, 3.05) is 36.5 Å². The van der Waals surface area contributed by atoms with Gasteiger partial charge in [-0.05, 0) is 37.1 Å². The lowest BCUT2D eigenvalue weighted by Gasteiger charge is -2.18. The van der Waals surface area contributed by atoms with Crippen LogP contribution in [0.1, 0.15) is 12.8 Å². The molecular formula is C13H20N2O2. The topological polar surface area (TPSA) is 55.7 Å². The highest BCUT2D eigenvalue weighted by atomic mass is 16.3. The molecular weight excluding hydrogens is 216 g/mol. The van der Waals surface area contributed by atoms with E-state index in [4.69, 9.17) is 5.11 Å². The Hall–Kier alpha value is -1.26. The zero-order chi connectivity index (χ0) is 12.1. The molecule has 0 unspecified atom stereocenters. The summed E-state index contributed by atoms with van der Waals surface area (Å²) in [6, 6.07) is 8.22. The fourth-order valence-corrected chi connectivity index (χ4v) is 2.07. The van der Waals surface area contributed by atoms with Gasteiger partial charge in [-0.2, -0.15) is 0 Å². The molecule has 0 spiro atoms. The van der Waals surface area contributed by atoms with Crippen molar-refractivity contribution in [3.63, 3.8) is 0 Å². The summed E-state index contributed by atoms with van der Waals surface area (Å²) in [7, 11) is 0. The van der Waals surface area contributed by atoms with Crippen LogP contribution in [0.5, 0.6) is 0 Å². The molecule has 0 saturated carbocycles. The fraction of sp³-hybridized carbons (Fsp3) is 0.538. The molecule has 1 atom stereocenters. The van der Waals surface area contributed by atoms with E-state index in [-0.39, 0.29) is 6.61 Å². The van der Waals surface area contributed by atoms with Crippen molar-refractivity contribution >= 4 is 11.4 Å². The number of rotatable bonds is 5. The van der Waals surface area contributed by atoms with Crippen LogP contribution in [0.4, 0.5) is 11.4 Å². The lowest BCUT2D eigenvalue weighted by molar-refractivity contribution is 0.105. The number of hydrogen-bond donors (Lipinski definition) is 3. The predicted molar refractivity (Wildman–Crippen MR) is 69.5 cm³/mol. The second kappa shape index (κ2) is 5.89. The average Bonchev–Trinajstić information content (AvgIpc) is 2.90. The van der Waals surface area contributed by atoms with Crippen LogP contribution in [0.3, 0.4) is 0 Å². The Kier molecular flexibility index (Phi) is 4.23. The van der Waals surface area contributed by atoms with Crippen LogP contribution < -0.4 is 10.2 Å². The third kappa shape index (κ3) is 3.35. The first-order valence-corrected chi connectivity index (χ1v) is 6.17. The molecule has 0 bridgehead atoms. The number of nitrogens with zero attached hydrogens (tertiary/aromatic N) is 1. The minimum Gasteiger partial charge on any atom is -0.394 e. The normalized spacial score (nSPS) is 17.2. The molecule has 0 aromatic heterocycles. The number of hydrogen-bond acceptors (Lipinski definition) is 4. The van der Waals surface area contributed by atoms with E-state index in [0.29, 0.717) is 6.54 Å². The van der Waals surface area contributed by atoms with Crippen molar-refractivity contribution in [2.45, 2.75) is 18.9 Å². The lowest BCUT2D eigenvalue weighted by Crippen LogP contribution is -2.23. The summed E-state index contributed by atoms with van der Waals surface area (Å²) in [4.78, 5) is 2.38. The van der Waals surface area contributed by atoms with Crippen LogP contribution in [0.15, 0.2) is 24.3 Å². The number of aliphatic hydroxyl groups excluding tert-OH is 2. The van der Waals surface area contributed by atoms with E-state index in [1.807, 2.05) is 12.1 Å². The Morgan fingerprint density at radius 2 is 1.82 bits per heavy atom. The van der Waals surface area contributed by atoms with E-state index in [9.17, 15) is 5.11 Å². The summed E-state index contributed by atoms with van der Waals surface area (Å²) in [5.41, 5.74) is 2.23. The second-order valence-electron chi connectivity index (χ2n) is 4.46. The lowest BCUT2D eigenvalue weighted by atomic mass is 10.2. The number of nitrogens with one attached hydrogen (secondary N) is 1. The molecule has 3 N–H and O–H groups in total. The first kappa shape index (κ1) is 12.2. The minimum absolute atomic E-state index is 0.209. The van der Waals surface area contributed by atoms with Crippen molar-refractivity contribution in [1.29, 1.82) is 0 Å². The van der Waals surface area contributed by atoms with Crippen LogP contribution >= 0.6 is 0 Å². The SMILES string of the molecule is OC[C@@H](O)CNc1ccc(N2CCCC2)cc1. The van der Waals surface area contributed by atoms with Crippen LogP contribution in [-0.2, 0) is 0 Å². The summed E-state index contributed by atoms with van der Waals surface area (Å²) in [6.45, 7) is 2.46. The number of aliphatic hydroxyl groups is 2. The van der Waals surface area contributed by atoms with Gasteiger partial charge in [0, 0.05) is 31.0 Å². The van der Waals surface area contributed by atoms with Gasteiger partial charge in [0.15, 0.2) is 0 Å². The van der Waals surface area contributed by atoms with Gasteiger partial charge in [-0.1, -0.05) is 0 Å². The highest BCUT2D eigenvalue weighted by molar-refractivity contribution is 5.55. The van der Waals surface area contributed by atoms with Crippen molar-refractivity contribution in [2.24, 2.45) is 0 Å². The summed E-state index contributed by atoms with van der Waals surface area (Å²) < 4.78 is 0. The molecule has 0 amide bonds. The molecule has 0 aliphatic carbocycles. The Labute approximate surface area is 102 Å². The molecule has 1 aliphatic heterocycles. The maximum absolute atomic E-state index is 9.23. The van der Waals surface area contributed by atoms with Gasteiger partial charge >= 0.3 is 0 Å². The van der Waals surface area contributed by atoms with Crippen molar-refractivity contribution < 1.29 is 10.2 Å². The zero-order valence-electron chi connectivity index (χ0n) is 9.97. The molecule has 4 nitrogen and oxygen atoms in total. The van der Waals surface area contributed by atoms with Crippen LogP contribution in [0.2, 0.25) is 0 Å². The maximum atomic E-state index is 9.23. The van der Waals surface area contributed by atoms with Gasteiger partial charge < -0.3 is 20.4 Å². The first-order valence-electron chi connectivity index (χ1n) is 6.17. The molecule has 4 heteroatoms. The van der Waals surface area contributed by atoms with Crippen molar-refractivity contribution in [3.8, 4) is 0 Å². The quantitative estimate of drug-likeness (QED) is 0.715. The monoisotopic (exact) mass is 236 g/mol. The van der Waals surface area contributed by atoms with E-state index in [1.54, 1.807) is 0 Å². The molecule has 1 saturated heterocycles. The highest BCUT2D eigenvalue weighted by Gasteiger charge is 2.11. The molecule has 1 heterocycles. The fourth-order valence-electron chi connectivity index (χ4n) is 2.07. The molecule has 0 radical (unpaired) electrons. The summed E-state index contributed by atoms with van der Waals surface area (Å²) in [6.07, 6.45) is 1.86. The Balaban J connectivity index is 1.88. The standard InChI is InChI=1S/C13H20N2O2/c16-10-13(17)9-14-11-3-5-12(6-4-11)15-7-1-2-8-15/h3-6,13-14,16-17H,1-2,7-10H2/t13-/m0/s1. The third-order valence-electron chi connectivity index (χ3n) is 3.09. The Bertz CT molecular complexity index is 334. The Morgan fingerprint density at radius 1 is 1.18 bits per heavy atom. The van der Waals surface area contributed by atoms with Gasteiger partial charge in [-0.15, -0.1) is 0 Å². The Morgan fingerprint density at radius 3 is 2.41 bits per heavy atom. The summed E-state index contributed by atoms with van der Waals surface area (Å²) in [5, 5.41) is 21.0. The molecule has 17 heavy (non-hydrogen) atoms. The van der Waals surface area contributed by atoms with Crippen molar-refractivity contribution in [3.05, 3.63) is 24.3 Å². The third-order valence-corrected chi connectivity index (χ3v) is 3.09. The van der Waals surface area contributed by atoms with E-state index >= 15 is 0 Å². The smallest absolute Gasteiger partial charge is 0.0942 e. The van der Waals surface area contributed by atoms with E-state index in [2.05, 4.69) is 22.3 Å². The van der Waals surface area contributed by atoms with Crippen molar-refractivity contribution in [1.82, 2.24) is 0 Å². The van der Waals surface area contributed by atoms with Gasteiger partial charge in [0.25, 0.3) is 0 Å². The predicted octanol–water partition coefficient (Wildman–Crippen LogP) is 1.05.